The molecule has 8 nitrogen and oxygen atoms in total. The summed E-state index contributed by atoms with van der Waals surface area (Å²) in [6.07, 6.45) is 7.21. The Morgan fingerprint density at radius 2 is 1.68 bits per heavy atom. The predicted octanol–water partition coefficient (Wildman–Crippen LogP) is 2.33. The molecule has 8 heteroatoms. The summed E-state index contributed by atoms with van der Waals surface area (Å²) in [7, 11) is 0. The zero-order valence-electron chi connectivity index (χ0n) is 18.1. The Balaban J connectivity index is 1.29. The van der Waals surface area contributed by atoms with Gasteiger partial charge >= 0.3 is 6.03 Å². The number of para-hydroxylation sites is 1. The first kappa shape index (κ1) is 21.3. The number of nitrogens with zero attached hydrogens (tertiary/aromatic N) is 3. The van der Waals surface area contributed by atoms with Gasteiger partial charge in [0.15, 0.2) is 0 Å². The van der Waals surface area contributed by atoms with E-state index in [0.717, 1.165) is 12.8 Å². The molecule has 4 rings (SSSR count). The van der Waals surface area contributed by atoms with Gasteiger partial charge in [0.2, 0.25) is 5.91 Å². The third-order valence-electron chi connectivity index (χ3n) is 6.43. The van der Waals surface area contributed by atoms with Gasteiger partial charge in [0.05, 0.1) is 10.9 Å². The van der Waals surface area contributed by atoms with Crippen LogP contribution in [0.2, 0.25) is 0 Å². The SMILES string of the molecule is Cc1nc2ccccc2c(=O)n1CC(=O)NC1CCN(C(=O)NC2CCCCC2)CC1. The van der Waals surface area contributed by atoms with Crippen molar-refractivity contribution in [1.82, 2.24) is 25.1 Å². The first-order valence-electron chi connectivity index (χ1n) is 11.3. The lowest BCUT2D eigenvalue weighted by Crippen LogP contribution is -2.52. The van der Waals surface area contributed by atoms with E-state index in [1.54, 1.807) is 25.1 Å². The Morgan fingerprint density at radius 1 is 1.00 bits per heavy atom. The third-order valence-corrected chi connectivity index (χ3v) is 6.43. The third kappa shape index (κ3) is 5.06. The van der Waals surface area contributed by atoms with E-state index in [1.165, 1.54) is 23.8 Å². The number of nitrogens with one attached hydrogen (secondary N) is 2. The molecule has 1 aliphatic heterocycles. The number of likely N-dealkylation sites (tertiary alicyclic amines) is 1. The number of benzene rings is 1. The summed E-state index contributed by atoms with van der Waals surface area (Å²) >= 11 is 0. The highest BCUT2D eigenvalue weighted by Crippen LogP contribution is 2.18. The lowest BCUT2D eigenvalue weighted by atomic mass is 9.95. The molecule has 0 spiro atoms. The van der Waals surface area contributed by atoms with Crippen molar-refractivity contribution in [3.63, 3.8) is 0 Å². The molecule has 1 saturated carbocycles. The molecular formula is C23H31N5O3. The summed E-state index contributed by atoms with van der Waals surface area (Å²) in [5.74, 6) is 0.320. The molecule has 1 aromatic carbocycles. The number of carbonyl (C=O) groups excluding carboxylic acids is 2. The topological polar surface area (TPSA) is 96.3 Å². The monoisotopic (exact) mass is 425 g/mol. The van der Waals surface area contributed by atoms with Crippen molar-refractivity contribution in [2.24, 2.45) is 0 Å². The Kier molecular flexibility index (Phi) is 6.53. The molecule has 2 aromatic rings. The minimum Gasteiger partial charge on any atom is -0.352 e. The number of hydrogen-bond acceptors (Lipinski definition) is 4. The van der Waals surface area contributed by atoms with Crippen molar-refractivity contribution < 1.29 is 9.59 Å². The molecule has 0 unspecified atom stereocenters. The van der Waals surface area contributed by atoms with Crippen LogP contribution in [0.3, 0.4) is 0 Å². The fraction of sp³-hybridized carbons (Fsp3) is 0.565. The van der Waals surface area contributed by atoms with E-state index in [4.69, 9.17) is 0 Å². The molecule has 31 heavy (non-hydrogen) atoms. The molecule has 0 bridgehead atoms. The molecule has 0 atom stereocenters. The molecule has 1 aromatic heterocycles. The summed E-state index contributed by atoms with van der Waals surface area (Å²) in [6, 6.07) is 7.49. The van der Waals surface area contributed by atoms with Crippen LogP contribution in [0, 0.1) is 6.92 Å². The fourth-order valence-corrected chi connectivity index (χ4v) is 4.62. The average Bonchev–Trinajstić information content (AvgIpc) is 2.78. The van der Waals surface area contributed by atoms with Crippen molar-refractivity contribution >= 4 is 22.8 Å². The van der Waals surface area contributed by atoms with Gasteiger partial charge in [-0.1, -0.05) is 31.4 Å². The summed E-state index contributed by atoms with van der Waals surface area (Å²) in [5.41, 5.74) is 0.438. The van der Waals surface area contributed by atoms with Crippen LogP contribution in [-0.2, 0) is 11.3 Å². The highest BCUT2D eigenvalue weighted by molar-refractivity contribution is 5.79. The smallest absolute Gasteiger partial charge is 0.317 e. The van der Waals surface area contributed by atoms with Crippen LogP contribution in [-0.4, -0.2) is 51.6 Å². The van der Waals surface area contributed by atoms with E-state index in [9.17, 15) is 14.4 Å². The van der Waals surface area contributed by atoms with Crippen LogP contribution in [0.15, 0.2) is 29.1 Å². The van der Waals surface area contributed by atoms with E-state index >= 15 is 0 Å². The predicted molar refractivity (Wildman–Crippen MR) is 119 cm³/mol. The maximum atomic E-state index is 12.8. The number of urea groups is 1. The van der Waals surface area contributed by atoms with Crippen LogP contribution < -0.4 is 16.2 Å². The van der Waals surface area contributed by atoms with Crippen LogP contribution in [0.5, 0.6) is 0 Å². The summed E-state index contributed by atoms with van der Waals surface area (Å²) < 4.78 is 1.42. The second-order valence-electron chi connectivity index (χ2n) is 8.68. The lowest BCUT2D eigenvalue weighted by Gasteiger charge is -2.34. The number of aryl methyl sites for hydroxylation is 1. The lowest BCUT2D eigenvalue weighted by molar-refractivity contribution is -0.122. The van der Waals surface area contributed by atoms with E-state index in [2.05, 4.69) is 15.6 Å². The number of rotatable bonds is 4. The van der Waals surface area contributed by atoms with Gasteiger partial charge in [-0.15, -0.1) is 0 Å². The number of hydrogen-bond donors (Lipinski definition) is 2. The summed E-state index contributed by atoms with van der Waals surface area (Å²) in [4.78, 5) is 44.2. The van der Waals surface area contributed by atoms with Crippen LogP contribution in [0.25, 0.3) is 10.9 Å². The summed E-state index contributed by atoms with van der Waals surface area (Å²) in [5, 5.41) is 6.70. The minimum absolute atomic E-state index is 0.00987. The van der Waals surface area contributed by atoms with Crippen molar-refractivity contribution in [3.8, 4) is 0 Å². The van der Waals surface area contributed by atoms with E-state index in [0.29, 0.717) is 48.7 Å². The maximum Gasteiger partial charge on any atom is 0.317 e. The van der Waals surface area contributed by atoms with E-state index in [1.807, 2.05) is 11.0 Å². The van der Waals surface area contributed by atoms with Gasteiger partial charge in [-0.2, -0.15) is 0 Å². The number of fused-ring (bicyclic) bond motifs is 1. The van der Waals surface area contributed by atoms with Crippen molar-refractivity contribution in [2.45, 2.75) is 70.5 Å². The molecule has 2 aliphatic rings. The molecule has 3 amide bonds. The normalized spacial score (nSPS) is 18.2. The van der Waals surface area contributed by atoms with Crippen LogP contribution >= 0.6 is 0 Å². The first-order chi connectivity index (χ1) is 15.0. The zero-order chi connectivity index (χ0) is 21.8. The number of amides is 3. The average molecular weight is 426 g/mol. The molecule has 2 heterocycles. The number of aromatic nitrogens is 2. The summed E-state index contributed by atoms with van der Waals surface area (Å²) in [6.45, 7) is 2.94. The molecule has 1 saturated heterocycles. The first-order valence-corrected chi connectivity index (χ1v) is 11.3. The second-order valence-corrected chi connectivity index (χ2v) is 8.68. The highest BCUT2D eigenvalue weighted by atomic mass is 16.2. The molecule has 2 fully saturated rings. The van der Waals surface area contributed by atoms with E-state index < -0.39 is 0 Å². The van der Waals surface area contributed by atoms with Gasteiger partial charge in [-0.3, -0.25) is 14.2 Å². The standard InChI is InChI=1S/C23H31N5O3/c1-16-24-20-10-6-5-9-19(20)22(30)28(16)15-21(29)25-18-11-13-27(14-12-18)23(31)26-17-7-3-2-4-8-17/h5-6,9-10,17-18H,2-4,7-8,11-15H2,1H3,(H,25,29)(H,26,31). The Morgan fingerprint density at radius 3 is 2.42 bits per heavy atom. The maximum absolute atomic E-state index is 12.8. The largest absolute Gasteiger partial charge is 0.352 e. The van der Waals surface area contributed by atoms with Gasteiger partial charge in [0.25, 0.3) is 5.56 Å². The van der Waals surface area contributed by atoms with Gasteiger partial charge in [-0.25, -0.2) is 9.78 Å². The zero-order valence-corrected chi connectivity index (χ0v) is 18.1. The van der Waals surface area contributed by atoms with Gasteiger partial charge in [0.1, 0.15) is 12.4 Å². The van der Waals surface area contributed by atoms with Crippen molar-refractivity contribution in [3.05, 3.63) is 40.4 Å². The quantitative estimate of drug-likeness (QED) is 0.786. The number of carbonyl (C=O) groups is 2. The molecule has 2 N–H and O–H groups in total. The van der Waals surface area contributed by atoms with Crippen LogP contribution in [0.1, 0.15) is 50.8 Å². The Labute approximate surface area is 182 Å². The molecule has 166 valence electrons. The van der Waals surface area contributed by atoms with Crippen molar-refractivity contribution in [1.29, 1.82) is 0 Å². The second kappa shape index (κ2) is 9.49. The number of piperidine rings is 1. The minimum atomic E-state index is -0.201. The van der Waals surface area contributed by atoms with Gasteiger partial charge < -0.3 is 15.5 Å². The molecule has 0 radical (unpaired) electrons. The fourth-order valence-electron chi connectivity index (χ4n) is 4.62. The van der Waals surface area contributed by atoms with Gasteiger partial charge in [-0.05, 0) is 44.7 Å². The Hall–Kier alpha value is -2.90. The van der Waals surface area contributed by atoms with Crippen molar-refractivity contribution in [2.75, 3.05) is 13.1 Å². The Bertz CT molecular complexity index is 1000. The van der Waals surface area contributed by atoms with Gasteiger partial charge in [0, 0.05) is 25.2 Å². The molecule has 1 aliphatic carbocycles. The van der Waals surface area contributed by atoms with E-state index in [-0.39, 0.29) is 30.1 Å². The molecular weight excluding hydrogens is 394 g/mol. The van der Waals surface area contributed by atoms with Crippen LogP contribution in [0.4, 0.5) is 4.79 Å². The highest BCUT2D eigenvalue weighted by Gasteiger charge is 2.26.